The Morgan fingerprint density at radius 2 is 1.97 bits per heavy atom. The highest BCUT2D eigenvalue weighted by Gasteiger charge is 2.23. The summed E-state index contributed by atoms with van der Waals surface area (Å²) >= 11 is 1.55. The first-order valence-electron chi connectivity index (χ1n) is 10.0. The van der Waals surface area contributed by atoms with Gasteiger partial charge in [-0.1, -0.05) is 18.2 Å². The molecule has 2 aromatic carbocycles. The maximum atomic E-state index is 12.6. The van der Waals surface area contributed by atoms with Gasteiger partial charge in [0.25, 0.3) is 5.91 Å². The predicted molar refractivity (Wildman–Crippen MR) is 116 cm³/mol. The van der Waals surface area contributed by atoms with Crippen LogP contribution in [0.3, 0.4) is 0 Å². The lowest BCUT2D eigenvalue weighted by Gasteiger charge is -2.20. The molecular weight excluding hydrogens is 400 g/mol. The maximum absolute atomic E-state index is 12.6. The third-order valence-corrected chi connectivity index (χ3v) is 6.19. The first-order valence-corrected chi connectivity index (χ1v) is 10.8. The maximum Gasteiger partial charge on any atom is 0.344 e. The molecule has 1 heterocycles. The molecule has 1 amide bonds. The van der Waals surface area contributed by atoms with Gasteiger partial charge in [-0.2, -0.15) is 0 Å². The number of esters is 1. The number of para-hydroxylation sites is 1. The number of likely N-dealkylation sites (N-methyl/N-ethyl adjacent to an activating group) is 1. The summed E-state index contributed by atoms with van der Waals surface area (Å²) in [6.07, 6.45) is 2.41. The van der Waals surface area contributed by atoms with Crippen molar-refractivity contribution >= 4 is 33.4 Å². The largest absolute Gasteiger partial charge is 0.482 e. The number of carbonyl (C=O) groups is 2. The molecule has 6 nitrogen and oxygen atoms in total. The zero-order chi connectivity index (χ0) is 21.1. The van der Waals surface area contributed by atoms with Crippen molar-refractivity contribution in [2.24, 2.45) is 0 Å². The summed E-state index contributed by atoms with van der Waals surface area (Å²) in [5.74, 6) is -0.190. The van der Waals surface area contributed by atoms with Gasteiger partial charge in [0.15, 0.2) is 12.7 Å². The van der Waals surface area contributed by atoms with Crippen LogP contribution in [0.15, 0.2) is 42.5 Å². The molecule has 1 unspecified atom stereocenters. The molecule has 1 atom stereocenters. The number of amides is 1. The zero-order valence-electron chi connectivity index (χ0n) is 17.1. The minimum Gasteiger partial charge on any atom is -0.482 e. The van der Waals surface area contributed by atoms with Gasteiger partial charge in [-0.25, -0.2) is 9.78 Å². The molecule has 7 heteroatoms. The second-order valence-electron chi connectivity index (χ2n) is 7.47. The fraction of sp³-hybridized carbons (Fsp3) is 0.348. The summed E-state index contributed by atoms with van der Waals surface area (Å²) in [5.41, 5.74) is 3.54. The van der Waals surface area contributed by atoms with Crippen LogP contribution in [-0.4, -0.2) is 41.5 Å². The Bertz CT molecular complexity index is 1050. The topological polar surface area (TPSA) is 68.7 Å². The molecular formula is C23H24N2O4S. The van der Waals surface area contributed by atoms with Crippen LogP contribution in [0.2, 0.25) is 0 Å². The van der Waals surface area contributed by atoms with Crippen molar-refractivity contribution < 1.29 is 19.1 Å². The standard InChI is InChI=1S/C23H24N2O4S/c1-15(23(27)25(2)13-21-24-19-8-3-4-9-20(19)30-21)29-22(26)14-28-18-11-10-16-6-5-7-17(16)12-18/h3-4,8-12,15H,5-7,13-14H2,1-2H3. The number of fused-ring (bicyclic) bond motifs is 2. The van der Waals surface area contributed by atoms with Crippen molar-refractivity contribution in [3.05, 3.63) is 58.6 Å². The Balaban J connectivity index is 1.27. The molecule has 0 bridgehead atoms. The van der Waals surface area contributed by atoms with Crippen LogP contribution < -0.4 is 4.74 Å². The van der Waals surface area contributed by atoms with E-state index in [0.717, 1.165) is 34.5 Å². The van der Waals surface area contributed by atoms with Crippen molar-refractivity contribution in [1.29, 1.82) is 0 Å². The van der Waals surface area contributed by atoms with E-state index in [1.54, 1.807) is 25.3 Å². The van der Waals surface area contributed by atoms with Crippen molar-refractivity contribution in [3.8, 4) is 5.75 Å². The fourth-order valence-corrected chi connectivity index (χ4v) is 4.66. The van der Waals surface area contributed by atoms with E-state index in [0.29, 0.717) is 12.3 Å². The van der Waals surface area contributed by atoms with Gasteiger partial charge in [-0.3, -0.25) is 4.79 Å². The second-order valence-corrected chi connectivity index (χ2v) is 8.59. The summed E-state index contributed by atoms with van der Waals surface area (Å²) in [7, 11) is 1.68. The van der Waals surface area contributed by atoms with Crippen molar-refractivity contribution in [2.45, 2.75) is 38.8 Å². The lowest BCUT2D eigenvalue weighted by atomic mass is 10.1. The van der Waals surface area contributed by atoms with Crippen LogP contribution >= 0.6 is 11.3 Å². The van der Waals surface area contributed by atoms with E-state index in [1.807, 2.05) is 42.5 Å². The van der Waals surface area contributed by atoms with E-state index in [1.165, 1.54) is 16.0 Å². The minimum absolute atomic E-state index is 0.224. The summed E-state index contributed by atoms with van der Waals surface area (Å²) in [6, 6.07) is 13.8. The summed E-state index contributed by atoms with van der Waals surface area (Å²) in [4.78, 5) is 30.8. The molecule has 0 fully saturated rings. The molecule has 0 spiro atoms. The van der Waals surface area contributed by atoms with Gasteiger partial charge in [-0.05, 0) is 61.6 Å². The molecule has 0 N–H and O–H groups in total. The lowest BCUT2D eigenvalue weighted by molar-refractivity contribution is -0.160. The predicted octanol–water partition coefficient (Wildman–Crippen LogP) is 3.75. The van der Waals surface area contributed by atoms with E-state index in [4.69, 9.17) is 9.47 Å². The molecule has 1 aliphatic carbocycles. The Morgan fingerprint density at radius 3 is 2.80 bits per heavy atom. The average molecular weight is 425 g/mol. The number of aryl methyl sites for hydroxylation is 2. The van der Waals surface area contributed by atoms with Gasteiger partial charge in [0.05, 0.1) is 16.8 Å². The van der Waals surface area contributed by atoms with Gasteiger partial charge in [0, 0.05) is 7.05 Å². The number of hydrogen-bond acceptors (Lipinski definition) is 6. The number of aromatic nitrogens is 1. The van der Waals surface area contributed by atoms with Gasteiger partial charge in [-0.15, -0.1) is 11.3 Å². The van der Waals surface area contributed by atoms with Gasteiger partial charge in [0.1, 0.15) is 10.8 Å². The smallest absolute Gasteiger partial charge is 0.344 e. The molecule has 0 aliphatic heterocycles. The first-order chi connectivity index (χ1) is 14.5. The Hall–Kier alpha value is -2.93. The van der Waals surface area contributed by atoms with Crippen molar-refractivity contribution in [3.63, 3.8) is 0 Å². The molecule has 0 radical (unpaired) electrons. The molecule has 0 saturated heterocycles. The van der Waals surface area contributed by atoms with E-state index in [2.05, 4.69) is 4.98 Å². The Kier molecular flexibility index (Phi) is 5.99. The fourth-order valence-electron chi connectivity index (χ4n) is 3.64. The van der Waals surface area contributed by atoms with Crippen LogP contribution in [0.5, 0.6) is 5.75 Å². The van der Waals surface area contributed by atoms with Crippen LogP contribution in [0.4, 0.5) is 0 Å². The number of carbonyl (C=O) groups excluding carboxylic acids is 2. The molecule has 1 aliphatic rings. The highest BCUT2D eigenvalue weighted by molar-refractivity contribution is 7.18. The van der Waals surface area contributed by atoms with Crippen LogP contribution in [0, 0.1) is 0 Å². The number of hydrogen-bond donors (Lipinski definition) is 0. The van der Waals surface area contributed by atoms with Crippen LogP contribution in [0.1, 0.15) is 29.5 Å². The van der Waals surface area contributed by atoms with Gasteiger partial charge < -0.3 is 14.4 Å². The second kappa shape index (κ2) is 8.83. The highest BCUT2D eigenvalue weighted by Crippen LogP contribution is 2.26. The normalized spacial score (nSPS) is 13.7. The number of benzene rings is 2. The van der Waals surface area contributed by atoms with Gasteiger partial charge >= 0.3 is 5.97 Å². The monoisotopic (exact) mass is 424 g/mol. The lowest BCUT2D eigenvalue weighted by Crippen LogP contribution is -2.37. The molecule has 3 aromatic rings. The van der Waals surface area contributed by atoms with Crippen molar-refractivity contribution in [1.82, 2.24) is 9.88 Å². The number of rotatable bonds is 7. The third kappa shape index (κ3) is 4.62. The Labute approximate surface area is 179 Å². The quantitative estimate of drug-likeness (QED) is 0.540. The minimum atomic E-state index is -0.888. The van der Waals surface area contributed by atoms with E-state index >= 15 is 0 Å². The molecule has 0 saturated carbocycles. The van der Waals surface area contributed by atoms with Crippen LogP contribution in [-0.2, 0) is 33.7 Å². The van der Waals surface area contributed by atoms with E-state index in [9.17, 15) is 9.59 Å². The number of nitrogens with zero attached hydrogens (tertiary/aromatic N) is 2. The van der Waals surface area contributed by atoms with E-state index in [-0.39, 0.29) is 12.5 Å². The third-order valence-electron chi connectivity index (χ3n) is 5.17. The summed E-state index contributed by atoms with van der Waals surface area (Å²) < 4.78 is 11.9. The SMILES string of the molecule is CC(OC(=O)COc1ccc2c(c1)CCC2)C(=O)N(C)Cc1nc2ccccc2s1. The van der Waals surface area contributed by atoms with E-state index < -0.39 is 12.1 Å². The summed E-state index contributed by atoms with van der Waals surface area (Å²) in [6.45, 7) is 1.72. The van der Waals surface area contributed by atoms with Crippen LogP contribution in [0.25, 0.3) is 10.2 Å². The van der Waals surface area contributed by atoms with Gasteiger partial charge in [0.2, 0.25) is 0 Å². The average Bonchev–Trinajstić information content (AvgIpc) is 3.37. The zero-order valence-corrected chi connectivity index (χ0v) is 17.9. The number of ether oxygens (including phenoxy) is 2. The molecule has 156 valence electrons. The first kappa shape index (κ1) is 20.3. The Morgan fingerprint density at radius 1 is 1.17 bits per heavy atom. The molecule has 4 rings (SSSR count). The van der Waals surface area contributed by atoms with Crippen molar-refractivity contribution in [2.75, 3.05) is 13.7 Å². The molecule has 30 heavy (non-hydrogen) atoms. The molecule has 1 aromatic heterocycles. The highest BCUT2D eigenvalue weighted by atomic mass is 32.1. The number of thiazole rings is 1. The summed E-state index contributed by atoms with van der Waals surface area (Å²) in [5, 5.41) is 0.838.